The number of Topliss-reactive ketones (excluding diaryl/α,β-unsaturated/α-hetero) is 1. The normalized spacial score (nSPS) is 19.5. The van der Waals surface area contributed by atoms with E-state index in [2.05, 4.69) is 4.90 Å². The summed E-state index contributed by atoms with van der Waals surface area (Å²) in [6.45, 7) is 8.53. The van der Waals surface area contributed by atoms with E-state index >= 15 is 0 Å². The average molecular weight is 531 g/mol. The summed E-state index contributed by atoms with van der Waals surface area (Å²) in [7, 11) is 0. The molecule has 5 rings (SSSR count). The molecule has 1 atom stereocenters. The third-order valence-corrected chi connectivity index (χ3v) is 7.33. The summed E-state index contributed by atoms with van der Waals surface area (Å²) in [5, 5.41) is 11.3. The molecule has 0 spiro atoms. The topological polar surface area (TPSA) is 92.5 Å². The van der Waals surface area contributed by atoms with E-state index in [9.17, 15) is 14.7 Å². The van der Waals surface area contributed by atoms with Gasteiger partial charge in [0.15, 0.2) is 0 Å². The Morgan fingerprint density at radius 2 is 1.72 bits per heavy atom. The summed E-state index contributed by atoms with van der Waals surface area (Å²) in [6, 6.07) is 17.7. The largest absolute Gasteiger partial charge is 0.507 e. The molecule has 8 nitrogen and oxygen atoms in total. The van der Waals surface area contributed by atoms with Crippen LogP contribution >= 0.6 is 0 Å². The lowest BCUT2D eigenvalue weighted by Gasteiger charge is -2.28. The Hall–Kier alpha value is -3.88. The number of likely N-dealkylation sites (tertiary alicyclic amines) is 1. The molecule has 0 bridgehead atoms. The first kappa shape index (κ1) is 26.7. The van der Waals surface area contributed by atoms with Crippen molar-refractivity contribution in [1.82, 2.24) is 9.80 Å². The fourth-order valence-corrected chi connectivity index (χ4v) is 5.09. The molecule has 3 aromatic rings. The smallest absolute Gasteiger partial charge is 0.295 e. The van der Waals surface area contributed by atoms with Gasteiger partial charge in [0.2, 0.25) is 0 Å². The number of aliphatic hydroxyl groups is 1. The minimum Gasteiger partial charge on any atom is -0.507 e. The number of morpholine rings is 1. The first-order chi connectivity index (χ1) is 18.9. The zero-order valence-corrected chi connectivity index (χ0v) is 22.4. The molecular formula is C31H34N2O6. The molecule has 0 saturated carbocycles. The van der Waals surface area contributed by atoms with Crippen LogP contribution in [0.3, 0.4) is 0 Å². The predicted molar refractivity (Wildman–Crippen MR) is 146 cm³/mol. The summed E-state index contributed by atoms with van der Waals surface area (Å²) in [6.07, 6.45) is 0.691. The van der Waals surface area contributed by atoms with E-state index in [-0.39, 0.29) is 11.3 Å². The van der Waals surface area contributed by atoms with Crippen molar-refractivity contribution in [3.05, 3.63) is 94.4 Å². The van der Waals surface area contributed by atoms with Gasteiger partial charge >= 0.3 is 0 Å². The molecular weight excluding hydrogens is 496 g/mol. The van der Waals surface area contributed by atoms with Crippen molar-refractivity contribution in [2.45, 2.75) is 32.9 Å². The molecule has 2 aliphatic rings. The van der Waals surface area contributed by atoms with Crippen LogP contribution in [0.2, 0.25) is 0 Å². The summed E-state index contributed by atoms with van der Waals surface area (Å²) in [4.78, 5) is 30.2. The Morgan fingerprint density at radius 3 is 2.41 bits per heavy atom. The van der Waals surface area contributed by atoms with Gasteiger partial charge in [0.1, 0.15) is 35.7 Å². The van der Waals surface area contributed by atoms with Gasteiger partial charge in [-0.1, -0.05) is 24.3 Å². The van der Waals surface area contributed by atoms with Crippen molar-refractivity contribution in [1.29, 1.82) is 0 Å². The molecule has 8 heteroatoms. The number of carbonyl (C=O) groups excluding carboxylic acids is 2. The number of amides is 1. The van der Waals surface area contributed by atoms with Crippen LogP contribution in [0.4, 0.5) is 0 Å². The number of ketones is 1. The number of hydrogen-bond acceptors (Lipinski definition) is 7. The highest BCUT2D eigenvalue weighted by atomic mass is 16.5. The Bertz CT molecular complexity index is 1350. The second-order valence-electron chi connectivity index (χ2n) is 9.99. The number of ether oxygens (including phenoxy) is 2. The molecule has 1 amide bonds. The minimum atomic E-state index is -0.791. The molecule has 0 aliphatic carbocycles. The van der Waals surface area contributed by atoms with Gasteiger partial charge in [0.05, 0.1) is 18.8 Å². The van der Waals surface area contributed by atoms with Crippen LogP contribution in [0.5, 0.6) is 5.75 Å². The number of rotatable bonds is 9. The van der Waals surface area contributed by atoms with Gasteiger partial charge in [-0.25, -0.2) is 0 Å². The second kappa shape index (κ2) is 11.9. The summed E-state index contributed by atoms with van der Waals surface area (Å²) in [5.41, 5.74) is 2.70. The van der Waals surface area contributed by atoms with Gasteiger partial charge in [-0.3, -0.25) is 14.5 Å². The highest BCUT2D eigenvalue weighted by molar-refractivity contribution is 6.46. The first-order valence-corrected chi connectivity index (χ1v) is 13.3. The van der Waals surface area contributed by atoms with Gasteiger partial charge in [0, 0.05) is 31.7 Å². The molecule has 1 N–H and O–H groups in total. The molecule has 2 saturated heterocycles. The van der Waals surface area contributed by atoms with Crippen LogP contribution in [0, 0.1) is 13.8 Å². The second-order valence-corrected chi connectivity index (χ2v) is 9.99. The van der Waals surface area contributed by atoms with Gasteiger partial charge < -0.3 is 23.9 Å². The standard InChI is InChI=1S/C31H34N2O6/c1-21-6-3-4-7-24(21)20-38-25-11-9-23(10-12-25)29(34)27-28(26-13-8-22(2)39-26)33(31(36)30(27)35)15-5-14-32-16-18-37-19-17-32/h3-4,6-13,28,34H,5,14-20H2,1-2H3/b29-27+. The van der Waals surface area contributed by atoms with Crippen molar-refractivity contribution in [2.75, 3.05) is 39.4 Å². The maximum absolute atomic E-state index is 13.2. The van der Waals surface area contributed by atoms with Crippen LogP contribution in [0.25, 0.3) is 5.76 Å². The first-order valence-electron chi connectivity index (χ1n) is 13.3. The van der Waals surface area contributed by atoms with Gasteiger partial charge in [-0.2, -0.15) is 0 Å². The van der Waals surface area contributed by atoms with Crippen molar-refractivity contribution in [3.8, 4) is 5.75 Å². The molecule has 39 heavy (non-hydrogen) atoms. The number of aryl methyl sites for hydroxylation is 2. The number of carbonyl (C=O) groups is 2. The van der Waals surface area contributed by atoms with E-state index in [0.29, 0.717) is 55.6 Å². The zero-order chi connectivity index (χ0) is 27.4. The lowest BCUT2D eigenvalue weighted by Crippen LogP contribution is -2.38. The van der Waals surface area contributed by atoms with Crippen LogP contribution in [0.1, 0.15) is 40.7 Å². The molecule has 2 aromatic carbocycles. The fourth-order valence-electron chi connectivity index (χ4n) is 5.09. The monoisotopic (exact) mass is 530 g/mol. The maximum atomic E-state index is 13.2. The minimum absolute atomic E-state index is 0.0364. The van der Waals surface area contributed by atoms with Gasteiger partial charge in [-0.05, 0) is 67.8 Å². The van der Waals surface area contributed by atoms with E-state index in [1.807, 2.05) is 38.1 Å². The third-order valence-electron chi connectivity index (χ3n) is 7.33. The summed E-state index contributed by atoms with van der Waals surface area (Å²) < 4.78 is 17.2. The lowest BCUT2D eigenvalue weighted by molar-refractivity contribution is -0.140. The van der Waals surface area contributed by atoms with E-state index in [4.69, 9.17) is 13.9 Å². The van der Waals surface area contributed by atoms with Crippen molar-refractivity contribution in [2.24, 2.45) is 0 Å². The summed E-state index contributed by atoms with van der Waals surface area (Å²) >= 11 is 0. The van der Waals surface area contributed by atoms with E-state index in [1.54, 1.807) is 36.4 Å². The Morgan fingerprint density at radius 1 is 0.974 bits per heavy atom. The molecule has 204 valence electrons. The Kier molecular flexibility index (Phi) is 8.14. The van der Waals surface area contributed by atoms with Crippen LogP contribution in [0.15, 0.2) is 70.7 Å². The lowest BCUT2D eigenvalue weighted by atomic mass is 9.99. The molecule has 0 radical (unpaired) electrons. The Labute approximate surface area is 228 Å². The number of benzene rings is 2. The van der Waals surface area contributed by atoms with Crippen LogP contribution in [-0.2, 0) is 20.9 Å². The van der Waals surface area contributed by atoms with E-state index in [0.717, 1.165) is 30.8 Å². The third kappa shape index (κ3) is 5.92. The predicted octanol–water partition coefficient (Wildman–Crippen LogP) is 4.62. The molecule has 2 aliphatic heterocycles. The van der Waals surface area contributed by atoms with Crippen molar-refractivity contribution in [3.63, 3.8) is 0 Å². The fraction of sp³-hybridized carbons (Fsp3) is 0.355. The number of aliphatic hydroxyl groups excluding tert-OH is 1. The number of nitrogens with zero attached hydrogens (tertiary/aromatic N) is 2. The highest BCUT2D eigenvalue weighted by Gasteiger charge is 2.47. The van der Waals surface area contributed by atoms with Crippen molar-refractivity contribution < 1.29 is 28.6 Å². The van der Waals surface area contributed by atoms with Crippen molar-refractivity contribution >= 4 is 17.4 Å². The van der Waals surface area contributed by atoms with Gasteiger partial charge in [0.25, 0.3) is 11.7 Å². The molecule has 3 heterocycles. The molecule has 2 fully saturated rings. The van der Waals surface area contributed by atoms with Crippen LogP contribution in [-0.4, -0.2) is 66.0 Å². The van der Waals surface area contributed by atoms with E-state index < -0.39 is 17.7 Å². The average Bonchev–Trinajstić information content (AvgIpc) is 3.49. The summed E-state index contributed by atoms with van der Waals surface area (Å²) in [5.74, 6) is 0.190. The zero-order valence-electron chi connectivity index (χ0n) is 22.4. The molecule has 1 aromatic heterocycles. The number of furan rings is 1. The highest BCUT2D eigenvalue weighted by Crippen LogP contribution is 2.40. The van der Waals surface area contributed by atoms with E-state index in [1.165, 1.54) is 4.90 Å². The SMILES string of the molecule is Cc1ccc(C2/C(=C(\O)c3ccc(OCc4ccccc4C)cc3)C(=O)C(=O)N2CCCN2CCOCC2)o1. The quantitative estimate of drug-likeness (QED) is 0.245. The maximum Gasteiger partial charge on any atom is 0.295 e. The number of hydrogen-bond donors (Lipinski definition) is 1. The van der Waals surface area contributed by atoms with Gasteiger partial charge in [-0.15, -0.1) is 0 Å². The van der Waals surface area contributed by atoms with Crippen LogP contribution < -0.4 is 4.74 Å². The Balaban J connectivity index is 1.36. The molecule has 1 unspecified atom stereocenters.